The Bertz CT molecular complexity index is 1160. The van der Waals surface area contributed by atoms with E-state index in [9.17, 15) is 4.79 Å². The van der Waals surface area contributed by atoms with Gasteiger partial charge in [0.1, 0.15) is 5.52 Å². The molecule has 1 aliphatic heterocycles. The number of ether oxygens (including phenoxy) is 1. The summed E-state index contributed by atoms with van der Waals surface area (Å²) < 4.78 is 7.63. The molecule has 3 aromatic carbocycles. The van der Waals surface area contributed by atoms with Crippen LogP contribution in [0.1, 0.15) is 21.5 Å². The number of halogens is 1. The third-order valence-electron chi connectivity index (χ3n) is 4.62. The number of hydrogen-bond acceptors (Lipinski definition) is 4. The SMILES string of the molecule is O=C1OC(c2ccccc2)(n2nnc3cc(Cl)ccc32)c2ccccc21. The molecule has 5 rings (SSSR count). The minimum absolute atomic E-state index is 0.387. The van der Waals surface area contributed by atoms with Crippen LogP contribution >= 0.6 is 11.6 Å². The molecule has 0 spiro atoms. The number of benzene rings is 3. The standard InChI is InChI=1S/C20H12ClN3O2/c21-14-10-11-18-17(12-14)22-23-24(18)20(13-6-2-1-3-7-13)16-9-5-4-8-15(16)19(25)26-20/h1-12H. The number of carbonyl (C=O) groups is 1. The molecular formula is C20H12ClN3O2. The maximum atomic E-state index is 12.6. The molecule has 1 aromatic heterocycles. The summed E-state index contributed by atoms with van der Waals surface area (Å²) >= 11 is 6.08. The molecule has 0 saturated carbocycles. The normalized spacial score (nSPS) is 18.7. The van der Waals surface area contributed by atoms with Crippen LogP contribution < -0.4 is 0 Å². The Kier molecular flexibility index (Phi) is 3.14. The summed E-state index contributed by atoms with van der Waals surface area (Å²) in [5.41, 5.74) is 2.19. The Hall–Kier alpha value is -3.18. The van der Waals surface area contributed by atoms with E-state index in [0.29, 0.717) is 16.1 Å². The molecule has 0 amide bonds. The zero-order valence-corrected chi connectivity index (χ0v) is 14.2. The second-order valence-corrected chi connectivity index (χ2v) is 6.52. The van der Waals surface area contributed by atoms with E-state index in [4.69, 9.17) is 16.3 Å². The first-order valence-corrected chi connectivity index (χ1v) is 8.48. The monoisotopic (exact) mass is 361 g/mol. The zero-order valence-electron chi connectivity index (χ0n) is 13.5. The fraction of sp³-hybridized carbons (Fsp3) is 0.0500. The van der Waals surface area contributed by atoms with Crippen LogP contribution in [0.2, 0.25) is 5.02 Å². The fourth-order valence-corrected chi connectivity index (χ4v) is 3.65. The molecule has 6 heteroatoms. The topological polar surface area (TPSA) is 57.0 Å². The van der Waals surface area contributed by atoms with Gasteiger partial charge in [0.15, 0.2) is 0 Å². The molecular weight excluding hydrogens is 350 g/mol. The van der Waals surface area contributed by atoms with Crippen molar-refractivity contribution in [2.45, 2.75) is 5.72 Å². The molecule has 0 aliphatic carbocycles. The molecule has 0 radical (unpaired) electrons. The van der Waals surface area contributed by atoms with Gasteiger partial charge in [-0.05, 0) is 24.3 Å². The number of nitrogens with zero attached hydrogens (tertiary/aromatic N) is 3. The lowest BCUT2D eigenvalue weighted by molar-refractivity contribution is -0.00697. The predicted octanol–water partition coefficient (Wildman–Crippen LogP) is 4.00. The number of esters is 1. The molecule has 2 heterocycles. The van der Waals surface area contributed by atoms with Crippen LogP contribution in [0.5, 0.6) is 0 Å². The van der Waals surface area contributed by atoms with Gasteiger partial charge >= 0.3 is 5.97 Å². The van der Waals surface area contributed by atoms with Crippen molar-refractivity contribution in [2.24, 2.45) is 0 Å². The van der Waals surface area contributed by atoms with Gasteiger partial charge in [0.05, 0.1) is 11.1 Å². The zero-order chi connectivity index (χ0) is 17.7. The van der Waals surface area contributed by atoms with E-state index < -0.39 is 5.72 Å². The summed E-state index contributed by atoms with van der Waals surface area (Å²) in [6.07, 6.45) is 0. The minimum atomic E-state index is -1.21. The van der Waals surface area contributed by atoms with Crippen molar-refractivity contribution in [3.8, 4) is 0 Å². The van der Waals surface area contributed by atoms with E-state index in [1.54, 1.807) is 22.9 Å². The first-order chi connectivity index (χ1) is 12.7. The molecule has 1 atom stereocenters. The highest BCUT2D eigenvalue weighted by molar-refractivity contribution is 6.31. The number of fused-ring (bicyclic) bond motifs is 2. The first-order valence-electron chi connectivity index (χ1n) is 8.10. The van der Waals surface area contributed by atoms with E-state index in [2.05, 4.69) is 10.3 Å². The van der Waals surface area contributed by atoms with Crippen LogP contribution in [0.3, 0.4) is 0 Å². The lowest BCUT2D eigenvalue weighted by Gasteiger charge is -2.29. The third-order valence-corrected chi connectivity index (χ3v) is 4.86. The lowest BCUT2D eigenvalue weighted by atomic mass is 9.92. The van der Waals surface area contributed by atoms with Gasteiger partial charge in [0.2, 0.25) is 0 Å². The molecule has 26 heavy (non-hydrogen) atoms. The Morgan fingerprint density at radius 2 is 1.73 bits per heavy atom. The number of hydrogen-bond donors (Lipinski definition) is 0. The largest absolute Gasteiger partial charge is 0.424 e. The fourth-order valence-electron chi connectivity index (χ4n) is 3.49. The second-order valence-electron chi connectivity index (χ2n) is 6.08. The average Bonchev–Trinajstić information content (AvgIpc) is 3.22. The van der Waals surface area contributed by atoms with Crippen molar-refractivity contribution in [2.75, 3.05) is 0 Å². The highest BCUT2D eigenvalue weighted by atomic mass is 35.5. The lowest BCUT2D eigenvalue weighted by Crippen LogP contribution is -2.37. The van der Waals surface area contributed by atoms with Crippen molar-refractivity contribution in [3.63, 3.8) is 0 Å². The molecule has 1 unspecified atom stereocenters. The second kappa shape index (κ2) is 5.41. The van der Waals surface area contributed by atoms with Gasteiger partial charge in [0, 0.05) is 16.1 Å². The molecule has 126 valence electrons. The van der Waals surface area contributed by atoms with E-state index in [1.807, 2.05) is 54.6 Å². The summed E-state index contributed by atoms with van der Waals surface area (Å²) in [4.78, 5) is 12.6. The van der Waals surface area contributed by atoms with Crippen molar-refractivity contribution in [1.82, 2.24) is 15.0 Å². The van der Waals surface area contributed by atoms with Crippen molar-refractivity contribution >= 4 is 28.6 Å². The summed E-state index contributed by atoms with van der Waals surface area (Å²) in [5.74, 6) is -0.387. The van der Waals surface area contributed by atoms with Crippen molar-refractivity contribution < 1.29 is 9.53 Å². The summed E-state index contributed by atoms with van der Waals surface area (Å²) in [6, 6.07) is 22.2. The Morgan fingerprint density at radius 1 is 0.962 bits per heavy atom. The van der Waals surface area contributed by atoms with Gasteiger partial charge in [-0.15, -0.1) is 5.10 Å². The van der Waals surface area contributed by atoms with Gasteiger partial charge in [-0.2, -0.15) is 4.68 Å². The summed E-state index contributed by atoms with van der Waals surface area (Å²) in [5, 5.41) is 9.13. The van der Waals surface area contributed by atoms with Crippen LogP contribution in [0.4, 0.5) is 0 Å². The Labute approximate surface area is 153 Å². The minimum Gasteiger partial charge on any atom is -0.424 e. The van der Waals surface area contributed by atoms with Crippen LogP contribution in [-0.4, -0.2) is 21.0 Å². The van der Waals surface area contributed by atoms with Crippen LogP contribution in [-0.2, 0) is 10.5 Å². The number of cyclic esters (lactones) is 1. The van der Waals surface area contributed by atoms with Crippen molar-refractivity contribution in [3.05, 3.63) is 94.5 Å². The number of carbonyl (C=O) groups excluding carboxylic acids is 1. The predicted molar refractivity (Wildman–Crippen MR) is 97.0 cm³/mol. The Balaban J connectivity index is 1.89. The molecule has 5 nitrogen and oxygen atoms in total. The maximum Gasteiger partial charge on any atom is 0.341 e. The molecule has 0 saturated heterocycles. The third kappa shape index (κ3) is 1.95. The molecule has 0 N–H and O–H groups in total. The smallest absolute Gasteiger partial charge is 0.341 e. The summed E-state index contributed by atoms with van der Waals surface area (Å²) in [6.45, 7) is 0. The van der Waals surface area contributed by atoms with E-state index in [-0.39, 0.29) is 5.97 Å². The van der Waals surface area contributed by atoms with E-state index in [0.717, 1.165) is 16.6 Å². The van der Waals surface area contributed by atoms with Gasteiger partial charge in [-0.1, -0.05) is 65.3 Å². The molecule has 1 aliphatic rings. The van der Waals surface area contributed by atoms with Crippen LogP contribution in [0.15, 0.2) is 72.8 Å². The van der Waals surface area contributed by atoms with E-state index in [1.165, 1.54) is 0 Å². The summed E-state index contributed by atoms with van der Waals surface area (Å²) in [7, 11) is 0. The van der Waals surface area contributed by atoms with Crippen molar-refractivity contribution in [1.29, 1.82) is 0 Å². The van der Waals surface area contributed by atoms with Gasteiger partial charge in [-0.3, -0.25) is 0 Å². The van der Waals surface area contributed by atoms with Crippen LogP contribution in [0.25, 0.3) is 11.0 Å². The van der Waals surface area contributed by atoms with Crippen LogP contribution in [0, 0.1) is 0 Å². The molecule has 0 bridgehead atoms. The number of rotatable bonds is 2. The van der Waals surface area contributed by atoms with E-state index >= 15 is 0 Å². The highest BCUT2D eigenvalue weighted by Gasteiger charge is 2.50. The molecule has 4 aromatic rings. The molecule has 0 fully saturated rings. The Morgan fingerprint density at radius 3 is 2.58 bits per heavy atom. The highest BCUT2D eigenvalue weighted by Crippen LogP contribution is 2.43. The maximum absolute atomic E-state index is 12.6. The van der Waals surface area contributed by atoms with Gasteiger partial charge in [-0.25, -0.2) is 4.79 Å². The number of aromatic nitrogens is 3. The average molecular weight is 362 g/mol. The first kappa shape index (κ1) is 15.1. The van der Waals surface area contributed by atoms with Gasteiger partial charge < -0.3 is 4.74 Å². The quantitative estimate of drug-likeness (QED) is 0.506. The van der Waals surface area contributed by atoms with Gasteiger partial charge in [0.25, 0.3) is 5.72 Å².